The lowest BCUT2D eigenvalue weighted by Crippen LogP contribution is -2.36. The number of carbonyl (C=O) groups excluding carboxylic acids is 1. The quantitative estimate of drug-likeness (QED) is 0.718. The fraction of sp³-hybridized carbons (Fsp3) is 0.167. The average Bonchev–Trinajstić information content (AvgIpc) is 2.59. The first-order valence-electron chi connectivity index (χ1n) is 7.75. The van der Waals surface area contributed by atoms with E-state index in [4.69, 9.17) is 0 Å². The molecule has 3 rings (SSSR count). The summed E-state index contributed by atoms with van der Waals surface area (Å²) in [7, 11) is 0. The predicted molar refractivity (Wildman–Crippen MR) is 93.6 cm³/mol. The van der Waals surface area contributed by atoms with Crippen molar-refractivity contribution in [3.8, 4) is 0 Å². The summed E-state index contributed by atoms with van der Waals surface area (Å²) in [5.74, 6) is -0.888. The Balaban J connectivity index is 2.03. The van der Waals surface area contributed by atoms with Gasteiger partial charge >= 0.3 is 11.1 Å². The number of aromatic nitrogens is 2. The Kier molecular flexibility index (Phi) is 4.22. The van der Waals surface area contributed by atoms with Gasteiger partial charge in [-0.25, -0.2) is 4.39 Å². The number of benzene rings is 2. The summed E-state index contributed by atoms with van der Waals surface area (Å²) in [6.07, 6.45) is 0. The van der Waals surface area contributed by atoms with E-state index < -0.39 is 22.8 Å². The highest BCUT2D eigenvalue weighted by Crippen LogP contribution is 2.18. The molecule has 1 heterocycles. The van der Waals surface area contributed by atoms with Gasteiger partial charge in [0.25, 0.3) is 5.91 Å². The van der Waals surface area contributed by atoms with Crippen LogP contribution in [-0.2, 0) is 6.54 Å². The van der Waals surface area contributed by atoms with Crippen LogP contribution in [0, 0.1) is 12.7 Å². The van der Waals surface area contributed by atoms with Crippen LogP contribution in [0.3, 0.4) is 0 Å². The molecule has 6 nitrogen and oxygen atoms in total. The molecule has 0 spiro atoms. The van der Waals surface area contributed by atoms with Crippen LogP contribution in [0.1, 0.15) is 22.8 Å². The lowest BCUT2D eigenvalue weighted by molar-refractivity contribution is 0.102. The van der Waals surface area contributed by atoms with Gasteiger partial charge in [-0.2, -0.15) is 0 Å². The lowest BCUT2D eigenvalue weighted by Gasteiger charge is -2.10. The highest BCUT2D eigenvalue weighted by molar-refractivity contribution is 6.06. The molecule has 0 saturated carbocycles. The van der Waals surface area contributed by atoms with Crippen LogP contribution in [0.2, 0.25) is 0 Å². The first kappa shape index (κ1) is 16.6. The number of nitrogens with one attached hydrogen (secondary N) is 2. The van der Waals surface area contributed by atoms with Crippen molar-refractivity contribution in [2.75, 3.05) is 5.32 Å². The first-order valence-corrected chi connectivity index (χ1v) is 7.75. The van der Waals surface area contributed by atoms with Gasteiger partial charge in [0.2, 0.25) is 0 Å². The number of hydrogen-bond donors (Lipinski definition) is 2. The minimum atomic E-state index is -0.743. The van der Waals surface area contributed by atoms with Crippen LogP contribution in [0.15, 0.2) is 46.0 Å². The highest BCUT2D eigenvalue weighted by atomic mass is 19.1. The van der Waals surface area contributed by atoms with E-state index in [0.29, 0.717) is 23.3 Å². The van der Waals surface area contributed by atoms with Crippen LogP contribution in [0.4, 0.5) is 10.1 Å². The number of carbonyl (C=O) groups is 1. The molecule has 0 aliphatic carbocycles. The van der Waals surface area contributed by atoms with Crippen LogP contribution in [-0.4, -0.2) is 15.5 Å². The first-order chi connectivity index (χ1) is 11.9. The molecule has 0 fully saturated rings. The van der Waals surface area contributed by atoms with E-state index in [2.05, 4.69) is 10.3 Å². The minimum absolute atomic E-state index is 0.285. The number of H-pyrrole nitrogens is 1. The van der Waals surface area contributed by atoms with Gasteiger partial charge in [0.1, 0.15) is 5.82 Å². The molecule has 7 heteroatoms. The number of rotatable bonds is 3. The van der Waals surface area contributed by atoms with Gasteiger partial charge in [-0.1, -0.05) is 6.07 Å². The monoisotopic (exact) mass is 341 g/mol. The smallest absolute Gasteiger partial charge is 0.316 e. The summed E-state index contributed by atoms with van der Waals surface area (Å²) in [4.78, 5) is 38.5. The summed E-state index contributed by atoms with van der Waals surface area (Å²) >= 11 is 0. The molecular formula is C18H16FN3O3. The van der Waals surface area contributed by atoms with Gasteiger partial charge in [0, 0.05) is 17.8 Å². The van der Waals surface area contributed by atoms with Crippen LogP contribution in [0.25, 0.3) is 11.0 Å². The number of amides is 1. The van der Waals surface area contributed by atoms with Gasteiger partial charge < -0.3 is 14.9 Å². The predicted octanol–water partition coefficient (Wildman–Crippen LogP) is 2.41. The van der Waals surface area contributed by atoms with Crippen molar-refractivity contribution in [3.05, 3.63) is 74.0 Å². The Hall–Kier alpha value is -3.22. The normalized spacial score (nSPS) is 10.8. The number of fused-ring (bicyclic) bond motifs is 1. The van der Waals surface area contributed by atoms with Crippen molar-refractivity contribution < 1.29 is 9.18 Å². The molecule has 0 aliphatic heterocycles. The van der Waals surface area contributed by atoms with Crippen molar-refractivity contribution in [3.63, 3.8) is 0 Å². The summed E-state index contributed by atoms with van der Waals surface area (Å²) in [5.41, 5.74) is 0.921. The molecular weight excluding hydrogens is 325 g/mol. The van der Waals surface area contributed by atoms with Crippen LogP contribution >= 0.6 is 0 Å². The summed E-state index contributed by atoms with van der Waals surface area (Å²) in [6, 6.07) is 8.77. The van der Waals surface area contributed by atoms with E-state index in [1.54, 1.807) is 32.0 Å². The van der Waals surface area contributed by atoms with Gasteiger partial charge in [-0.3, -0.25) is 14.4 Å². The number of halogens is 1. The zero-order valence-electron chi connectivity index (χ0n) is 13.7. The summed E-state index contributed by atoms with van der Waals surface area (Å²) in [5, 5.41) is 2.65. The molecule has 2 aromatic carbocycles. The molecule has 1 aromatic heterocycles. The Labute approximate surface area is 141 Å². The van der Waals surface area contributed by atoms with Gasteiger partial charge in [-0.15, -0.1) is 0 Å². The maximum atomic E-state index is 13.4. The third-order valence-corrected chi connectivity index (χ3v) is 4.00. The Bertz CT molecular complexity index is 1100. The molecule has 3 aromatic rings. The Morgan fingerprint density at radius 3 is 2.68 bits per heavy atom. The second kappa shape index (κ2) is 6.35. The van der Waals surface area contributed by atoms with E-state index in [1.165, 1.54) is 22.8 Å². The van der Waals surface area contributed by atoms with Crippen molar-refractivity contribution in [1.82, 2.24) is 9.55 Å². The minimum Gasteiger partial charge on any atom is -0.322 e. The highest BCUT2D eigenvalue weighted by Gasteiger charge is 2.12. The van der Waals surface area contributed by atoms with Crippen molar-refractivity contribution in [2.45, 2.75) is 20.4 Å². The molecule has 0 radical (unpaired) electrons. The SMILES string of the molecule is CCn1c(=O)c(=O)[nH]c2cc(C(=O)Nc3cc(F)ccc3C)ccc21. The number of anilines is 1. The van der Waals surface area contributed by atoms with Gasteiger partial charge in [0.15, 0.2) is 0 Å². The molecule has 128 valence electrons. The number of nitrogens with zero attached hydrogens (tertiary/aromatic N) is 1. The zero-order valence-corrected chi connectivity index (χ0v) is 13.7. The molecule has 0 aliphatic rings. The average molecular weight is 341 g/mol. The maximum absolute atomic E-state index is 13.4. The van der Waals surface area contributed by atoms with Crippen molar-refractivity contribution in [1.29, 1.82) is 0 Å². The fourth-order valence-electron chi connectivity index (χ4n) is 2.66. The Morgan fingerprint density at radius 2 is 1.96 bits per heavy atom. The van der Waals surface area contributed by atoms with Gasteiger partial charge in [0.05, 0.1) is 11.0 Å². The number of aryl methyl sites for hydroxylation is 2. The van der Waals surface area contributed by atoms with E-state index in [-0.39, 0.29) is 5.56 Å². The van der Waals surface area contributed by atoms with Crippen LogP contribution < -0.4 is 16.4 Å². The fourth-order valence-corrected chi connectivity index (χ4v) is 2.66. The summed E-state index contributed by atoms with van der Waals surface area (Å²) < 4.78 is 14.7. The maximum Gasteiger partial charge on any atom is 0.316 e. The van der Waals surface area contributed by atoms with Crippen molar-refractivity contribution in [2.24, 2.45) is 0 Å². The van der Waals surface area contributed by atoms with E-state index in [1.807, 2.05) is 0 Å². The Morgan fingerprint density at radius 1 is 1.20 bits per heavy atom. The molecule has 25 heavy (non-hydrogen) atoms. The van der Waals surface area contributed by atoms with Crippen LogP contribution in [0.5, 0.6) is 0 Å². The molecule has 2 N–H and O–H groups in total. The second-order valence-electron chi connectivity index (χ2n) is 5.65. The van der Waals surface area contributed by atoms with Crippen molar-refractivity contribution >= 4 is 22.6 Å². The second-order valence-corrected chi connectivity index (χ2v) is 5.65. The number of hydrogen-bond acceptors (Lipinski definition) is 3. The topological polar surface area (TPSA) is 84.0 Å². The summed E-state index contributed by atoms with van der Waals surface area (Å²) in [6.45, 7) is 3.85. The standard InChI is InChI=1S/C18H16FN3O3/c1-3-22-15-7-5-11(8-14(15)21-17(24)18(22)25)16(23)20-13-9-12(19)6-4-10(13)2/h4-9H,3H2,1-2H3,(H,20,23)(H,21,24). The third kappa shape index (κ3) is 3.08. The largest absolute Gasteiger partial charge is 0.322 e. The number of aromatic amines is 1. The molecule has 0 atom stereocenters. The molecule has 0 unspecified atom stereocenters. The zero-order chi connectivity index (χ0) is 18.1. The van der Waals surface area contributed by atoms with E-state index in [0.717, 1.165) is 5.56 Å². The third-order valence-electron chi connectivity index (χ3n) is 4.00. The van der Waals surface area contributed by atoms with E-state index in [9.17, 15) is 18.8 Å². The molecule has 0 bridgehead atoms. The van der Waals surface area contributed by atoms with Gasteiger partial charge in [-0.05, 0) is 49.7 Å². The van der Waals surface area contributed by atoms with E-state index >= 15 is 0 Å². The molecule has 1 amide bonds. The molecule has 0 saturated heterocycles. The lowest BCUT2D eigenvalue weighted by atomic mass is 10.1.